The van der Waals surface area contributed by atoms with Crippen molar-refractivity contribution in [3.05, 3.63) is 28.7 Å². The van der Waals surface area contributed by atoms with Crippen LogP contribution in [0.1, 0.15) is 6.42 Å². The third-order valence-corrected chi connectivity index (χ3v) is 3.53. The maximum Gasteiger partial charge on any atom is 0.305 e. The number of carbonyl (C=O) groups is 2. The van der Waals surface area contributed by atoms with Gasteiger partial charge in [0.05, 0.1) is 24.7 Å². The van der Waals surface area contributed by atoms with Crippen LogP contribution in [0.5, 0.6) is 0 Å². The number of anilines is 1. The number of nitrogens with one attached hydrogen (secondary N) is 1. The van der Waals surface area contributed by atoms with Gasteiger partial charge in [-0.25, -0.2) is 0 Å². The van der Waals surface area contributed by atoms with Gasteiger partial charge in [0, 0.05) is 11.0 Å². The Morgan fingerprint density at radius 2 is 2.22 bits per heavy atom. The Labute approximate surface area is 113 Å². The van der Waals surface area contributed by atoms with E-state index in [1.54, 1.807) is 0 Å². The summed E-state index contributed by atoms with van der Waals surface area (Å²) in [5.74, 6) is -0.958. The number of hydrogen-bond donors (Lipinski definition) is 2. The molecule has 1 atom stereocenters. The van der Waals surface area contributed by atoms with Crippen molar-refractivity contribution in [1.82, 2.24) is 5.32 Å². The predicted molar refractivity (Wildman–Crippen MR) is 70.5 cm³/mol. The number of carboxylic acid groups (broad SMARTS) is 1. The summed E-state index contributed by atoms with van der Waals surface area (Å²) < 4.78 is 0.857. The molecule has 0 bridgehead atoms. The fourth-order valence-electron chi connectivity index (χ4n) is 2.03. The van der Waals surface area contributed by atoms with Gasteiger partial charge in [-0.05, 0) is 28.1 Å². The maximum atomic E-state index is 11.5. The minimum atomic E-state index is -0.867. The van der Waals surface area contributed by atoms with E-state index in [2.05, 4.69) is 21.2 Å². The second-order valence-electron chi connectivity index (χ2n) is 4.14. The van der Waals surface area contributed by atoms with E-state index in [9.17, 15) is 9.59 Å². The number of hydrogen-bond acceptors (Lipinski definition) is 3. The fraction of sp³-hybridized carbons (Fsp3) is 0.333. The third-order valence-electron chi connectivity index (χ3n) is 2.86. The van der Waals surface area contributed by atoms with Crippen molar-refractivity contribution in [3.63, 3.8) is 0 Å². The highest BCUT2D eigenvalue weighted by molar-refractivity contribution is 9.10. The number of carbonyl (C=O) groups excluding carboxylic acids is 1. The zero-order chi connectivity index (χ0) is 13.1. The van der Waals surface area contributed by atoms with E-state index in [0.29, 0.717) is 6.54 Å². The number of piperazine rings is 1. The smallest absolute Gasteiger partial charge is 0.305 e. The van der Waals surface area contributed by atoms with Crippen molar-refractivity contribution < 1.29 is 14.7 Å². The van der Waals surface area contributed by atoms with Gasteiger partial charge in [-0.2, -0.15) is 0 Å². The van der Waals surface area contributed by atoms with Gasteiger partial charge in [-0.1, -0.05) is 12.1 Å². The minimum absolute atomic E-state index is 0.00160. The Morgan fingerprint density at radius 3 is 2.89 bits per heavy atom. The van der Waals surface area contributed by atoms with Crippen LogP contribution >= 0.6 is 15.9 Å². The zero-order valence-electron chi connectivity index (χ0n) is 9.60. The molecule has 5 nitrogen and oxygen atoms in total. The summed E-state index contributed by atoms with van der Waals surface area (Å²) in [7, 11) is 0. The number of halogens is 1. The number of rotatable bonds is 3. The topological polar surface area (TPSA) is 69.6 Å². The van der Waals surface area contributed by atoms with Crippen LogP contribution < -0.4 is 10.2 Å². The third kappa shape index (κ3) is 2.81. The van der Waals surface area contributed by atoms with E-state index in [4.69, 9.17) is 5.11 Å². The molecule has 6 heteroatoms. The lowest BCUT2D eigenvalue weighted by Crippen LogP contribution is -2.55. The first-order chi connectivity index (χ1) is 8.58. The standard InChI is InChI=1S/C12H13BrN2O3/c13-9-3-1-2-4-10(9)15-7-11(16)14-6-8(15)5-12(17)18/h1-4,8H,5-7H2,(H,14,16)(H,17,18). The molecule has 1 amide bonds. The Bertz CT molecular complexity index is 478. The molecule has 0 spiro atoms. The number of para-hydroxylation sites is 1. The van der Waals surface area contributed by atoms with Gasteiger partial charge in [0.2, 0.25) is 5.91 Å². The average molecular weight is 313 g/mol. The molecular weight excluding hydrogens is 300 g/mol. The van der Waals surface area contributed by atoms with Crippen molar-refractivity contribution in [1.29, 1.82) is 0 Å². The fourth-order valence-corrected chi connectivity index (χ4v) is 2.54. The van der Waals surface area contributed by atoms with E-state index in [1.165, 1.54) is 0 Å². The highest BCUT2D eigenvalue weighted by Gasteiger charge is 2.29. The molecular formula is C12H13BrN2O3. The summed E-state index contributed by atoms with van der Waals surface area (Å²) in [6, 6.07) is 7.27. The first kappa shape index (κ1) is 12.9. The lowest BCUT2D eigenvalue weighted by Gasteiger charge is -2.37. The molecule has 2 N–H and O–H groups in total. The van der Waals surface area contributed by atoms with E-state index in [1.807, 2.05) is 29.2 Å². The number of carboxylic acids is 1. The number of nitrogens with zero attached hydrogens (tertiary/aromatic N) is 1. The summed E-state index contributed by atoms with van der Waals surface area (Å²) in [6.07, 6.45) is 0.00160. The van der Waals surface area contributed by atoms with Gasteiger partial charge < -0.3 is 15.3 Å². The quantitative estimate of drug-likeness (QED) is 0.880. The van der Waals surface area contributed by atoms with Gasteiger partial charge in [0.25, 0.3) is 0 Å². The van der Waals surface area contributed by atoms with E-state index in [-0.39, 0.29) is 24.9 Å². The zero-order valence-corrected chi connectivity index (χ0v) is 11.2. The van der Waals surface area contributed by atoms with E-state index < -0.39 is 5.97 Å². The molecule has 1 heterocycles. The molecule has 1 aliphatic heterocycles. The van der Waals surface area contributed by atoms with Gasteiger partial charge in [-0.3, -0.25) is 9.59 Å². The van der Waals surface area contributed by atoms with Crippen LogP contribution in [-0.2, 0) is 9.59 Å². The summed E-state index contributed by atoms with van der Waals surface area (Å²) in [6.45, 7) is 0.535. The van der Waals surface area contributed by atoms with Crippen LogP contribution in [0.2, 0.25) is 0 Å². The van der Waals surface area contributed by atoms with Crippen LogP contribution in [-0.4, -0.2) is 36.1 Å². The lowest BCUT2D eigenvalue weighted by atomic mass is 10.1. The monoisotopic (exact) mass is 312 g/mol. The first-order valence-electron chi connectivity index (χ1n) is 5.57. The van der Waals surface area contributed by atoms with Crippen LogP contribution in [0.15, 0.2) is 28.7 Å². The molecule has 1 aromatic rings. The maximum absolute atomic E-state index is 11.5. The second kappa shape index (κ2) is 5.39. The van der Waals surface area contributed by atoms with Gasteiger partial charge >= 0.3 is 5.97 Å². The predicted octanol–water partition coefficient (Wildman–Crippen LogP) is 1.23. The largest absolute Gasteiger partial charge is 0.481 e. The molecule has 1 saturated heterocycles. The van der Waals surface area contributed by atoms with Crippen molar-refractivity contribution in [3.8, 4) is 0 Å². The Kier molecular flexibility index (Phi) is 3.86. The van der Waals surface area contributed by atoms with Crippen LogP contribution in [0.25, 0.3) is 0 Å². The normalized spacial score (nSPS) is 19.5. The SMILES string of the molecule is O=C(O)CC1CNC(=O)CN1c1ccccc1Br. The number of amides is 1. The van der Waals surface area contributed by atoms with Crippen molar-refractivity contribution in [2.45, 2.75) is 12.5 Å². The lowest BCUT2D eigenvalue weighted by molar-refractivity contribution is -0.138. The molecule has 1 aliphatic rings. The van der Waals surface area contributed by atoms with Gasteiger partial charge in [0.1, 0.15) is 0 Å². The van der Waals surface area contributed by atoms with Crippen molar-refractivity contribution >= 4 is 33.5 Å². The molecule has 0 saturated carbocycles. The molecule has 0 aliphatic carbocycles. The summed E-state index contributed by atoms with van der Waals surface area (Å²) >= 11 is 3.42. The second-order valence-corrected chi connectivity index (χ2v) is 4.99. The number of benzene rings is 1. The Hall–Kier alpha value is -1.56. The van der Waals surface area contributed by atoms with E-state index >= 15 is 0 Å². The molecule has 0 aromatic heterocycles. The molecule has 0 radical (unpaired) electrons. The molecule has 18 heavy (non-hydrogen) atoms. The number of aliphatic carboxylic acids is 1. The Balaban J connectivity index is 2.28. The summed E-state index contributed by atoms with van der Waals surface area (Å²) in [5.41, 5.74) is 0.846. The minimum Gasteiger partial charge on any atom is -0.481 e. The van der Waals surface area contributed by atoms with Gasteiger partial charge in [0.15, 0.2) is 0 Å². The summed E-state index contributed by atoms with van der Waals surface area (Å²) in [5, 5.41) is 11.6. The highest BCUT2D eigenvalue weighted by atomic mass is 79.9. The first-order valence-corrected chi connectivity index (χ1v) is 6.37. The molecule has 1 aromatic carbocycles. The van der Waals surface area contributed by atoms with Gasteiger partial charge in [-0.15, -0.1) is 0 Å². The van der Waals surface area contributed by atoms with Crippen LogP contribution in [0, 0.1) is 0 Å². The van der Waals surface area contributed by atoms with Crippen molar-refractivity contribution in [2.24, 2.45) is 0 Å². The summed E-state index contributed by atoms with van der Waals surface area (Å²) in [4.78, 5) is 24.2. The molecule has 1 fully saturated rings. The van der Waals surface area contributed by atoms with Crippen LogP contribution in [0.3, 0.4) is 0 Å². The van der Waals surface area contributed by atoms with Crippen molar-refractivity contribution in [2.75, 3.05) is 18.0 Å². The Morgan fingerprint density at radius 1 is 1.50 bits per heavy atom. The molecule has 2 rings (SSSR count). The molecule has 96 valence electrons. The average Bonchev–Trinajstić information content (AvgIpc) is 2.32. The highest BCUT2D eigenvalue weighted by Crippen LogP contribution is 2.28. The molecule has 1 unspecified atom stereocenters. The van der Waals surface area contributed by atoms with Crippen LogP contribution in [0.4, 0.5) is 5.69 Å². The van der Waals surface area contributed by atoms with E-state index in [0.717, 1.165) is 10.2 Å².